The number of rotatable bonds is 8. The monoisotopic (exact) mass is 678 g/mol. The van der Waals surface area contributed by atoms with Gasteiger partial charge >= 0.3 is 0 Å². The number of hydrogen-bond acceptors (Lipinski definition) is 1. The summed E-state index contributed by atoms with van der Waals surface area (Å²) in [6.07, 6.45) is 3.41. The third-order valence-corrected chi connectivity index (χ3v) is 8.97. The van der Waals surface area contributed by atoms with E-state index in [0.29, 0.717) is 0 Å². The topological polar surface area (TPSA) is 17.0 Å². The van der Waals surface area contributed by atoms with Crippen LogP contribution < -0.4 is 10.8 Å². The Morgan fingerprint density at radius 3 is 2.23 bits per heavy atom. The zero-order valence-electron chi connectivity index (χ0n) is 24.7. The van der Waals surface area contributed by atoms with E-state index in [9.17, 15) is 0 Å². The SMILES string of the molecule is [B]c1cc(I)cc(-n2c3ccccc3c3cc(-c4ccc(Nc5ccccc5)c(-c5ccccc5CCCC)c4)ccc32)c1. The van der Waals surface area contributed by atoms with Crippen molar-refractivity contribution in [3.8, 4) is 27.9 Å². The smallest absolute Gasteiger partial charge is 0.113 e. The molecule has 0 aliphatic rings. The van der Waals surface area contributed by atoms with Gasteiger partial charge in [0.1, 0.15) is 7.85 Å². The molecule has 0 fully saturated rings. The van der Waals surface area contributed by atoms with Gasteiger partial charge in [0.05, 0.1) is 11.0 Å². The number of aryl methyl sites for hydroxylation is 1. The fraction of sp³-hybridized carbons (Fsp3) is 0.100. The van der Waals surface area contributed by atoms with E-state index >= 15 is 0 Å². The average molecular weight is 678 g/mol. The van der Waals surface area contributed by atoms with E-state index in [1.165, 1.54) is 62.5 Å². The summed E-state index contributed by atoms with van der Waals surface area (Å²) in [5.41, 5.74) is 12.7. The summed E-state index contributed by atoms with van der Waals surface area (Å²) in [6.45, 7) is 2.26. The van der Waals surface area contributed by atoms with Crippen molar-refractivity contribution in [2.24, 2.45) is 0 Å². The van der Waals surface area contributed by atoms with Crippen LogP contribution in [-0.4, -0.2) is 12.4 Å². The maximum atomic E-state index is 6.29. The Morgan fingerprint density at radius 2 is 1.39 bits per heavy atom. The number of halogens is 1. The number of nitrogens with zero attached hydrogens (tertiary/aromatic N) is 1. The molecule has 212 valence electrons. The third kappa shape index (κ3) is 5.55. The summed E-state index contributed by atoms with van der Waals surface area (Å²) in [5.74, 6) is 0. The van der Waals surface area contributed by atoms with Crippen LogP contribution in [0.1, 0.15) is 25.3 Å². The van der Waals surface area contributed by atoms with E-state index in [-0.39, 0.29) is 0 Å². The first-order valence-electron chi connectivity index (χ1n) is 15.2. The molecule has 0 amide bonds. The molecule has 0 aliphatic heterocycles. The summed E-state index contributed by atoms with van der Waals surface area (Å²) in [6, 6.07) is 47.9. The van der Waals surface area contributed by atoms with Crippen LogP contribution in [0.2, 0.25) is 0 Å². The first-order valence-corrected chi connectivity index (χ1v) is 16.3. The number of unbranched alkanes of at least 4 members (excludes halogenated alkanes) is 1. The standard InChI is InChI=1S/C40H32BIN2/c1-2-3-11-27-12-7-8-15-34(27)36-22-28(18-20-38(36)43-32-13-5-4-6-14-32)29-19-21-40-37(23-29)35-16-9-10-17-39(35)44(40)33-25-30(41)24-31(42)26-33/h4-10,12-26,43H,2-3,11H2,1H3. The molecule has 4 heteroatoms. The van der Waals surface area contributed by atoms with Gasteiger partial charge in [-0.05, 0) is 112 Å². The van der Waals surface area contributed by atoms with Gasteiger partial charge in [-0.1, -0.05) is 97.7 Å². The lowest BCUT2D eigenvalue weighted by molar-refractivity contribution is 0.796. The molecule has 0 saturated carbocycles. The second kappa shape index (κ2) is 12.4. The molecule has 0 saturated heterocycles. The first-order chi connectivity index (χ1) is 21.6. The van der Waals surface area contributed by atoms with Crippen LogP contribution in [0.15, 0.2) is 133 Å². The van der Waals surface area contributed by atoms with Crippen molar-refractivity contribution in [1.29, 1.82) is 0 Å². The Bertz CT molecular complexity index is 2090. The summed E-state index contributed by atoms with van der Waals surface area (Å²) >= 11 is 2.34. The number of para-hydroxylation sites is 2. The van der Waals surface area contributed by atoms with E-state index in [0.717, 1.165) is 32.5 Å². The normalized spacial score (nSPS) is 11.3. The molecule has 7 rings (SSSR count). The lowest BCUT2D eigenvalue weighted by atomic mass is 9.92. The molecule has 1 aromatic heterocycles. The van der Waals surface area contributed by atoms with Gasteiger partial charge in [0.15, 0.2) is 0 Å². The minimum absolute atomic E-state index is 0.769. The Kier molecular flexibility index (Phi) is 8.01. The van der Waals surface area contributed by atoms with Crippen molar-refractivity contribution in [2.75, 3.05) is 5.32 Å². The number of aromatic nitrogens is 1. The molecule has 6 aromatic carbocycles. The minimum atomic E-state index is 0.769. The fourth-order valence-electron chi connectivity index (χ4n) is 6.26. The van der Waals surface area contributed by atoms with Gasteiger partial charge in [-0.15, -0.1) is 0 Å². The Morgan fingerprint density at radius 1 is 0.659 bits per heavy atom. The lowest BCUT2D eigenvalue weighted by Gasteiger charge is -2.17. The predicted octanol–water partition coefficient (Wildman–Crippen LogP) is 10.6. The fourth-order valence-corrected chi connectivity index (χ4v) is 6.94. The molecule has 1 heterocycles. The summed E-state index contributed by atoms with van der Waals surface area (Å²) in [7, 11) is 6.29. The van der Waals surface area contributed by atoms with Gasteiger partial charge in [-0.3, -0.25) is 0 Å². The molecule has 0 unspecified atom stereocenters. The highest BCUT2D eigenvalue weighted by molar-refractivity contribution is 14.1. The van der Waals surface area contributed by atoms with E-state index in [1.54, 1.807) is 0 Å². The third-order valence-electron chi connectivity index (χ3n) is 8.35. The van der Waals surface area contributed by atoms with Crippen LogP contribution in [0.5, 0.6) is 0 Å². The minimum Gasteiger partial charge on any atom is -0.355 e. The quantitative estimate of drug-likeness (QED) is 0.125. The molecule has 1 N–H and O–H groups in total. The highest BCUT2D eigenvalue weighted by Gasteiger charge is 2.16. The van der Waals surface area contributed by atoms with Crippen molar-refractivity contribution in [2.45, 2.75) is 26.2 Å². The molecule has 44 heavy (non-hydrogen) atoms. The van der Waals surface area contributed by atoms with E-state index in [2.05, 4.69) is 167 Å². The lowest BCUT2D eigenvalue weighted by Crippen LogP contribution is -2.06. The number of fused-ring (bicyclic) bond motifs is 3. The van der Waals surface area contributed by atoms with E-state index in [4.69, 9.17) is 7.85 Å². The summed E-state index contributed by atoms with van der Waals surface area (Å²) < 4.78 is 3.45. The summed E-state index contributed by atoms with van der Waals surface area (Å²) in [5, 5.41) is 6.16. The molecular weight excluding hydrogens is 646 g/mol. The molecule has 0 atom stereocenters. The van der Waals surface area contributed by atoms with Gasteiger partial charge in [0, 0.05) is 37.0 Å². The van der Waals surface area contributed by atoms with Gasteiger partial charge in [-0.2, -0.15) is 0 Å². The molecule has 2 nitrogen and oxygen atoms in total. The van der Waals surface area contributed by atoms with Crippen molar-refractivity contribution < 1.29 is 0 Å². The summed E-state index contributed by atoms with van der Waals surface area (Å²) in [4.78, 5) is 0. The van der Waals surface area contributed by atoms with Crippen molar-refractivity contribution in [3.63, 3.8) is 0 Å². The number of anilines is 2. The zero-order valence-corrected chi connectivity index (χ0v) is 26.9. The van der Waals surface area contributed by atoms with Crippen LogP contribution in [0.25, 0.3) is 49.7 Å². The first kappa shape index (κ1) is 28.5. The van der Waals surface area contributed by atoms with Crippen molar-refractivity contribution >= 4 is 69.1 Å². The molecule has 0 aliphatic carbocycles. The molecule has 7 aromatic rings. The second-order valence-corrected chi connectivity index (χ2v) is 12.6. The van der Waals surface area contributed by atoms with Crippen LogP contribution in [-0.2, 0) is 6.42 Å². The highest BCUT2D eigenvalue weighted by atomic mass is 127. The number of hydrogen-bond donors (Lipinski definition) is 1. The highest BCUT2D eigenvalue weighted by Crippen LogP contribution is 2.39. The van der Waals surface area contributed by atoms with Gasteiger partial charge in [0.2, 0.25) is 0 Å². The maximum Gasteiger partial charge on any atom is 0.113 e. The second-order valence-electron chi connectivity index (χ2n) is 11.3. The number of benzene rings is 6. The van der Waals surface area contributed by atoms with Gasteiger partial charge in [-0.25, -0.2) is 0 Å². The Balaban J connectivity index is 1.40. The molecule has 0 spiro atoms. The zero-order chi connectivity index (χ0) is 30.0. The molecular formula is C40H32BIN2. The van der Waals surface area contributed by atoms with Crippen LogP contribution in [0, 0.1) is 3.57 Å². The maximum absolute atomic E-state index is 6.29. The molecule has 2 radical (unpaired) electrons. The van der Waals surface area contributed by atoms with E-state index in [1.807, 2.05) is 6.07 Å². The number of nitrogens with one attached hydrogen (secondary N) is 1. The van der Waals surface area contributed by atoms with Crippen LogP contribution in [0.4, 0.5) is 11.4 Å². The molecule has 0 bridgehead atoms. The van der Waals surface area contributed by atoms with E-state index < -0.39 is 0 Å². The average Bonchev–Trinajstić information content (AvgIpc) is 3.38. The van der Waals surface area contributed by atoms with Gasteiger partial charge in [0.25, 0.3) is 0 Å². The van der Waals surface area contributed by atoms with Crippen LogP contribution >= 0.6 is 22.6 Å². The van der Waals surface area contributed by atoms with Crippen molar-refractivity contribution in [3.05, 3.63) is 143 Å². The predicted molar refractivity (Wildman–Crippen MR) is 198 cm³/mol. The Hall–Kier alpha value is -4.29. The largest absolute Gasteiger partial charge is 0.355 e. The Labute approximate surface area is 274 Å². The van der Waals surface area contributed by atoms with Crippen LogP contribution in [0.3, 0.4) is 0 Å². The van der Waals surface area contributed by atoms with Gasteiger partial charge < -0.3 is 9.88 Å². The van der Waals surface area contributed by atoms with Crippen molar-refractivity contribution in [1.82, 2.24) is 4.57 Å².